The number of carbonyl (C=O) groups excluding carboxylic acids is 2. The molecule has 9 heteroatoms. The number of fused-ring (bicyclic) bond motifs is 3. The maximum absolute atomic E-state index is 13.7. The fourth-order valence-electron chi connectivity index (χ4n) is 5.99. The summed E-state index contributed by atoms with van der Waals surface area (Å²) in [6.45, 7) is 6.97. The second-order valence-electron chi connectivity index (χ2n) is 12.0. The fraction of sp³-hybridized carbons (Fsp3) is 0.500. The van der Waals surface area contributed by atoms with E-state index in [0.29, 0.717) is 0 Å². The third-order valence-corrected chi connectivity index (χ3v) is 7.96. The highest BCUT2D eigenvalue weighted by atomic mass is 16.6. The Morgan fingerprint density at radius 3 is 2.13 bits per heavy atom. The molecular formula is C30H37N3O6. The van der Waals surface area contributed by atoms with Crippen molar-refractivity contribution in [3.63, 3.8) is 0 Å². The molecule has 2 aromatic carbocycles. The smallest absolute Gasteiger partial charge is 0.410 e. The molecule has 2 heterocycles. The first-order chi connectivity index (χ1) is 18.5. The summed E-state index contributed by atoms with van der Waals surface area (Å²) < 4.78 is 11.4. The Bertz CT molecular complexity index is 1220. The van der Waals surface area contributed by atoms with Crippen LogP contribution in [0.5, 0.6) is 0 Å². The average molecular weight is 536 g/mol. The Kier molecular flexibility index (Phi) is 7.05. The number of aliphatic carboxylic acids is 1. The van der Waals surface area contributed by atoms with Crippen LogP contribution in [0.2, 0.25) is 0 Å². The van der Waals surface area contributed by atoms with Crippen molar-refractivity contribution in [1.82, 2.24) is 14.7 Å². The van der Waals surface area contributed by atoms with E-state index in [4.69, 9.17) is 9.47 Å². The molecule has 39 heavy (non-hydrogen) atoms. The molecular weight excluding hydrogens is 498 g/mol. The van der Waals surface area contributed by atoms with Crippen LogP contribution in [0.15, 0.2) is 48.5 Å². The summed E-state index contributed by atoms with van der Waals surface area (Å²) in [6, 6.07) is 16.2. The zero-order valence-corrected chi connectivity index (χ0v) is 23.1. The van der Waals surface area contributed by atoms with Crippen LogP contribution in [0.3, 0.4) is 0 Å². The van der Waals surface area contributed by atoms with Crippen molar-refractivity contribution < 1.29 is 29.0 Å². The number of carboxylic acid groups (broad SMARTS) is 1. The van der Waals surface area contributed by atoms with Crippen LogP contribution in [0.1, 0.15) is 44.2 Å². The number of amides is 2. The van der Waals surface area contributed by atoms with E-state index in [-0.39, 0.29) is 38.1 Å². The summed E-state index contributed by atoms with van der Waals surface area (Å²) in [5, 5.41) is 10.4. The van der Waals surface area contributed by atoms with Gasteiger partial charge in [-0.05, 0) is 69.0 Å². The molecule has 1 unspecified atom stereocenters. The van der Waals surface area contributed by atoms with Crippen LogP contribution in [0, 0.1) is 5.92 Å². The molecule has 0 saturated carbocycles. The summed E-state index contributed by atoms with van der Waals surface area (Å²) in [4.78, 5) is 43.9. The fourth-order valence-corrected chi connectivity index (χ4v) is 5.99. The monoisotopic (exact) mass is 535 g/mol. The lowest BCUT2D eigenvalue weighted by Crippen LogP contribution is -2.76. The number of carboxylic acids is 1. The second-order valence-corrected chi connectivity index (χ2v) is 12.0. The van der Waals surface area contributed by atoms with Crippen LogP contribution in [0.4, 0.5) is 9.59 Å². The molecule has 0 radical (unpaired) electrons. The van der Waals surface area contributed by atoms with Gasteiger partial charge in [0.25, 0.3) is 0 Å². The topological polar surface area (TPSA) is 99.6 Å². The third kappa shape index (κ3) is 5.20. The van der Waals surface area contributed by atoms with E-state index in [1.54, 1.807) is 20.8 Å². The highest BCUT2D eigenvalue weighted by Crippen LogP contribution is 2.44. The van der Waals surface area contributed by atoms with Gasteiger partial charge in [0.2, 0.25) is 0 Å². The predicted octanol–water partition coefficient (Wildman–Crippen LogP) is 4.26. The van der Waals surface area contributed by atoms with Crippen molar-refractivity contribution in [3.05, 3.63) is 59.7 Å². The second kappa shape index (κ2) is 10.2. The predicted molar refractivity (Wildman–Crippen MR) is 146 cm³/mol. The Morgan fingerprint density at radius 2 is 1.62 bits per heavy atom. The highest BCUT2D eigenvalue weighted by molar-refractivity contribution is 5.89. The molecule has 0 aromatic heterocycles. The lowest BCUT2D eigenvalue weighted by molar-refractivity contribution is -0.162. The first-order valence-electron chi connectivity index (χ1n) is 13.5. The molecule has 2 aromatic rings. The van der Waals surface area contributed by atoms with Crippen molar-refractivity contribution in [2.45, 2.75) is 44.2 Å². The lowest BCUT2D eigenvalue weighted by atomic mass is 9.87. The summed E-state index contributed by atoms with van der Waals surface area (Å²) >= 11 is 0. The van der Waals surface area contributed by atoms with E-state index in [9.17, 15) is 19.5 Å². The molecule has 0 bridgehead atoms. The van der Waals surface area contributed by atoms with Crippen molar-refractivity contribution >= 4 is 18.2 Å². The van der Waals surface area contributed by atoms with E-state index in [1.807, 2.05) is 43.4 Å². The van der Waals surface area contributed by atoms with Gasteiger partial charge in [-0.1, -0.05) is 48.5 Å². The highest BCUT2D eigenvalue weighted by Gasteiger charge is 2.59. The number of carbonyl (C=O) groups is 3. The first-order valence-corrected chi connectivity index (χ1v) is 13.5. The van der Waals surface area contributed by atoms with Gasteiger partial charge in [-0.25, -0.2) is 14.4 Å². The van der Waals surface area contributed by atoms with Crippen molar-refractivity contribution in [2.75, 3.05) is 46.4 Å². The van der Waals surface area contributed by atoms with Crippen LogP contribution in [-0.4, -0.2) is 95.5 Å². The molecule has 1 aliphatic carbocycles. The van der Waals surface area contributed by atoms with Gasteiger partial charge in [0.1, 0.15) is 12.2 Å². The number of hydrogen-bond acceptors (Lipinski definition) is 6. The lowest BCUT2D eigenvalue weighted by Gasteiger charge is -2.52. The van der Waals surface area contributed by atoms with Crippen molar-refractivity contribution in [2.24, 2.45) is 5.92 Å². The Hall–Kier alpha value is -3.59. The average Bonchev–Trinajstić information content (AvgIpc) is 3.40. The minimum absolute atomic E-state index is 0.0966. The van der Waals surface area contributed by atoms with Crippen LogP contribution < -0.4 is 0 Å². The minimum atomic E-state index is -1.57. The Morgan fingerprint density at radius 1 is 1.03 bits per heavy atom. The minimum Gasteiger partial charge on any atom is -0.479 e. The Labute approximate surface area is 229 Å². The third-order valence-electron chi connectivity index (χ3n) is 7.96. The van der Waals surface area contributed by atoms with E-state index in [0.717, 1.165) is 41.8 Å². The van der Waals surface area contributed by atoms with E-state index in [2.05, 4.69) is 17.0 Å². The normalized spacial score (nSPS) is 20.1. The summed E-state index contributed by atoms with van der Waals surface area (Å²) in [6.07, 6.45) is -0.403. The van der Waals surface area contributed by atoms with Crippen LogP contribution >= 0.6 is 0 Å². The zero-order chi connectivity index (χ0) is 27.9. The maximum Gasteiger partial charge on any atom is 0.410 e. The van der Waals surface area contributed by atoms with Crippen molar-refractivity contribution in [3.8, 4) is 11.1 Å². The molecule has 2 aliphatic heterocycles. The molecule has 208 valence electrons. The van der Waals surface area contributed by atoms with Gasteiger partial charge in [0, 0.05) is 19.0 Å². The van der Waals surface area contributed by atoms with Gasteiger partial charge < -0.3 is 24.4 Å². The van der Waals surface area contributed by atoms with Gasteiger partial charge in [-0.2, -0.15) is 0 Å². The Balaban J connectivity index is 1.36. The van der Waals surface area contributed by atoms with Gasteiger partial charge in [0.05, 0.1) is 13.1 Å². The maximum atomic E-state index is 13.7. The molecule has 2 saturated heterocycles. The quantitative estimate of drug-likeness (QED) is 0.590. The summed E-state index contributed by atoms with van der Waals surface area (Å²) in [7, 11) is 2.01. The first kappa shape index (κ1) is 27.0. The molecule has 1 atom stereocenters. The number of likely N-dealkylation sites (tertiary alicyclic amines) is 2. The molecule has 2 amide bonds. The van der Waals surface area contributed by atoms with Gasteiger partial charge in [-0.3, -0.25) is 4.90 Å². The number of nitrogens with zero attached hydrogens (tertiary/aromatic N) is 3. The van der Waals surface area contributed by atoms with E-state index >= 15 is 0 Å². The zero-order valence-electron chi connectivity index (χ0n) is 23.1. The molecule has 2 fully saturated rings. The molecule has 0 spiro atoms. The van der Waals surface area contributed by atoms with Gasteiger partial charge in [0.15, 0.2) is 5.54 Å². The number of rotatable bonds is 6. The molecule has 9 nitrogen and oxygen atoms in total. The largest absolute Gasteiger partial charge is 0.479 e. The number of hydrogen-bond donors (Lipinski definition) is 1. The molecule has 3 aliphatic rings. The van der Waals surface area contributed by atoms with Gasteiger partial charge >= 0.3 is 18.2 Å². The number of ether oxygens (including phenoxy) is 2. The van der Waals surface area contributed by atoms with E-state index < -0.39 is 29.3 Å². The standard InChI is InChI=1S/C30H37N3O6/c1-29(2,3)39-27(36)32-18-30(19-32,26(34)35)33(16-20-13-14-31(4)15-20)28(37)38-17-25-23-11-7-5-9-21(23)22-10-6-8-12-24(22)25/h5-12,20,25H,13-19H2,1-4H3,(H,34,35). The van der Waals surface area contributed by atoms with Crippen molar-refractivity contribution in [1.29, 1.82) is 0 Å². The summed E-state index contributed by atoms with van der Waals surface area (Å²) in [5.41, 5.74) is 2.13. The van der Waals surface area contributed by atoms with Gasteiger partial charge in [-0.15, -0.1) is 0 Å². The van der Waals surface area contributed by atoms with E-state index in [1.165, 1.54) is 9.80 Å². The SMILES string of the molecule is CN1CCC(CN(C(=O)OCC2c3ccccc3-c3ccccc32)C2(C(=O)O)CN(C(=O)OC(C)(C)C)C2)C1. The summed E-state index contributed by atoms with van der Waals surface area (Å²) in [5.74, 6) is -1.18. The van der Waals surface area contributed by atoms with Crippen LogP contribution in [-0.2, 0) is 14.3 Å². The molecule has 5 rings (SSSR count). The van der Waals surface area contributed by atoms with Crippen LogP contribution in [0.25, 0.3) is 11.1 Å². The number of benzene rings is 2. The molecule has 1 N–H and O–H groups in total.